The number of hydrogen-bond acceptors (Lipinski definition) is 3. The quantitative estimate of drug-likeness (QED) is 0.735. The zero-order valence-electron chi connectivity index (χ0n) is 9.69. The fraction of sp³-hybridized carbons (Fsp3) is 0.667. The van der Waals surface area contributed by atoms with Crippen molar-refractivity contribution < 1.29 is 9.53 Å². The Morgan fingerprint density at radius 1 is 1.50 bits per heavy atom. The van der Waals surface area contributed by atoms with Gasteiger partial charge in [0.05, 0.1) is 6.20 Å². The summed E-state index contributed by atoms with van der Waals surface area (Å²) in [5.74, 6) is -0.171. The highest BCUT2D eigenvalue weighted by Crippen LogP contribution is 2.20. The second kappa shape index (κ2) is 5.14. The molecule has 0 amide bonds. The first-order valence-electron chi connectivity index (χ1n) is 5.92. The van der Waals surface area contributed by atoms with E-state index >= 15 is 0 Å². The molecule has 0 N–H and O–H groups in total. The number of esters is 1. The van der Waals surface area contributed by atoms with E-state index in [1.807, 2.05) is 13.1 Å². The Morgan fingerprint density at radius 3 is 2.88 bits per heavy atom. The van der Waals surface area contributed by atoms with Gasteiger partial charge >= 0.3 is 5.97 Å². The third-order valence-electron chi connectivity index (χ3n) is 2.90. The number of aromatic nitrogens is 2. The van der Waals surface area contributed by atoms with Gasteiger partial charge in [-0.2, -0.15) is 5.10 Å². The van der Waals surface area contributed by atoms with Crippen LogP contribution in [0.25, 0.3) is 0 Å². The lowest BCUT2D eigenvalue weighted by Gasteiger charge is -2.21. The van der Waals surface area contributed by atoms with Crippen LogP contribution in [-0.4, -0.2) is 21.9 Å². The molecule has 1 fully saturated rings. The van der Waals surface area contributed by atoms with Gasteiger partial charge in [0.2, 0.25) is 0 Å². The van der Waals surface area contributed by atoms with Crippen molar-refractivity contribution in [2.45, 2.75) is 51.7 Å². The van der Waals surface area contributed by atoms with Gasteiger partial charge in [0.25, 0.3) is 0 Å². The lowest BCUT2D eigenvalue weighted by molar-refractivity contribution is -0.151. The molecule has 0 aliphatic heterocycles. The molecule has 4 heteroatoms. The molecule has 16 heavy (non-hydrogen) atoms. The second-order valence-electron chi connectivity index (χ2n) is 4.47. The number of ether oxygens (including phenoxy) is 1. The van der Waals surface area contributed by atoms with Crippen molar-refractivity contribution >= 4 is 5.97 Å². The molecule has 1 saturated carbocycles. The number of aryl methyl sites for hydroxylation is 1. The SMILES string of the molecule is Cc1cnn(CC(=O)OC2CCCCC2)c1. The fourth-order valence-corrected chi connectivity index (χ4v) is 2.09. The molecule has 1 aromatic heterocycles. The van der Waals surface area contributed by atoms with Crippen LogP contribution in [0.1, 0.15) is 37.7 Å². The summed E-state index contributed by atoms with van der Waals surface area (Å²) in [7, 11) is 0. The van der Waals surface area contributed by atoms with E-state index in [9.17, 15) is 4.79 Å². The largest absolute Gasteiger partial charge is 0.461 e. The lowest BCUT2D eigenvalue weighted by Crippen LogP contribution is -2.23. The van der Waals surface area contributed by atoms with Crippen molar-refractivity contribution in [2.24, 2.45) is 0 Å². The molecular weight excluding hydrogens is 204 g/mol. The minimum atomic E-state index is -0.171. The summed E-state index contributed by atoms with van der Waals surface area (Å²) in [5.41, 5.74) is 1.06. The molecule has 0 saturated heterocycles. The van der Waals surface area contributed by atoms with Crippen LogP contribution in [0.4, 0.5) is 0 Å². The molecule has 2 rings (SSSR count). The minimum Gasteiger partial charge on any atom is -0.461 e. The maximum Gasteiger partial charge on any atom is 0.328 e. The number of carbonyl (C=O) groups is 1. The molecule has 1 aliphatic carbocycles. The Morgan fingerprint density at radius 2 is 2.25 bits per heavy atom. The lowest BCUT2D eigenvalue weighted by atomic mass is 9.98. The van der Waals surface area contributed by atoms with E-state index in [0.717, 1.165) is 18.4 Å². The van der Waals surface area contributed by atoms with Crippen LogP contribution < -0.4 is 0 Å². The maximum atomic E-state index is 11.6. The van der Waals surface area contributed by atoms with Gasteiger partial charge in [-0.1, -0.05) is 6.42 Å². The molecule has 4 nitrogen and oxygen atoms in total. The molecule has 1 aromatic rings. The zero-order valence-corrected chi connectivity index (χ0v) is 9.69. The first kappa shape index (κ1) is 11.2. The smallest absolute Gasteiger partial charge is 0.328 e. The molecule has 0 atom stereocenters. The van der Waals surface area contributed by atoms with Gasteiger partial charge in [-0.25, -0.2) is 0 Å². The van der Waals surface area contributed by atoms with E-state index < -0.39 is 0 Å². The van der Waals surface area contributed by atoms with E-state index in [2.05, 4.69) is 5.10 Å². The molecule has 0 aromatic carbocycles. The first-order valence-corrected chi connectivity index (χ1v) is 5.92. The van der Waals surface area contributed by atoms with E-state index in [-0.39, 0.29) is 18.6 Å². The van der Waals surface area contributed by atoms with Crippen LogP contribution in [0.15, 0.2) is 12.4 Å². The van der Waals surface area contributed by atoms with Crippen molar-refractivity contribution in [3.05, 3.63) is 18.0 Å². The average molecular weight is 222 g/mol. The summed E-state index contributed by atoms with van der Waals surface area (Å²) in [6, 6.07) is 0. The fourth-order valence-electron chi connectivity index (χ4n) is 2.09. The molecule has 0 spiro atoms. The predicted octanol–water partition coefficient (Wildman–Crippen LogP) is 2.07. The monoisotopic (exact) mass is 222 g/mol. The van der Waals surface area contributed by atoms with E-state index in [1.165, 1.54) is 19.3 Å². The average Bonchev–Trinajstić information content (AvgIpc) is 2.65. The summed E-state index contributed by atoms with van der Waals surface area (Å²) in [6.07, 6.45) is 9.39. The number of hydrogen-bond donors (Lipinski definition) is 0. The van der Waals surface area contributed by atoms with Crippen molar-refractivity contribution in [1.82, 2.24) is 9.78 Å². The van der Waals surface area contributed by atoms with Gasteiger partial charge in [0.1, 0.15) is 12.6 Å². The van der Waals surface area contributed by atoms with Crippen molar-refractivity contribution in [3.63, 3.8) is 0 Å². The Bertz CT molecular complexity index is 354. The molecule has 0 bridgehead atoms. The third-order valence-corrected chi connectivity index (χ3v) is 2.90. The molecule has 1 heterocycles. The van der Waals surface area contributed by atoms with Crippen molar-refractivity contribution in [1.29, 1.82) is 0 Å². The van der Waals surface area contributed by atoms with Crippen LogP contribution >= 0.6 is 0 Å². The van der Waals surface area contributed by atoms with Gasteiger partial charge in [-0.3, -0.25) is 9.48 Å². The number of carbonyl (C=O) groups excluding carboxylic acids is 1. The van der Waals surface area contributed by atoms with Gasteiger partial charge in [0.15, 0.2) is 0 Å². The standard InChI is InChI=1S/C12H18N2O2/c1-10-7-13-14(8-10)9-12(15)16-11-5-3-2-4-6-11/h7-8,11H,2-6,9H2,1H3. The Kier molecular flexibility index (Phi) is 3.59. The van der Waals surface area contributed by atoms with Crippen molar-refractivity contribution in [2.75, 3.05) is 0 Å². The number of nitrogens with zero attached hydrogens (tertiary/aromatic N) is 2. The van der Waals surface area contributed by atoms with E-state index in [0.29, 0.717) is 0 Å². The highest BCUT2D eigenvalue weighted by Gasteiger charge is 2.17. The first-order chi connectivity index (χ1) is 7.74. The zero-order chi connectivity index (χ0) is 11.4. The van der Waals surface area contributed by atoms with Crippen LogP contribution in [-0.2, 0) is 16.1 Å². The Hall–Kier alpha value is -1.32. The van der Waals surface area contributed by atoms with Gasteiger partial charge < -0.3 is 4.74 Å². The highest BCUT2D eigenvalue weighted by atomic mass is 16.5. The Labute approximate surface area is 95.6 Å². The van der Waals surface area contributed by atoms with Gasteiger partial charge in [0, 0.05) is 6.20 Å². The molecule has 88 valence electrons. The summed E-state index contributed by atoms with van der Waals surface area (Å²) < 4.78 is 7.03. The third kappa shape index (κ3) is 3.08. The molecule has 0 unspecified atom stereocenters. The van der Waals surface area contributed by atoms with Crippen LogP contribution in [0.2, 0.25) is 0 Å². The summed E-state index contributed by atoms with van der Waals surface area (Å²) in [4.78, 5) is 11.6. The van der Waals surface area contributed by atoms with Gasteiger partial charge in [-0.15, -0.1) is 0 Å². The predicted molar refractivity (Wildman–Crippen MR) is 59.9 cm³/mol. The molecule has 1 aliphatic rings. The highest BCUT2D eigenvalue weighted by molar-refractivity contribution is 5.69. The van der Waals surface area contributed by atoms with Crippen LogP contribution in [0.3, 0.4) is 0 Å². The molecular formula is C12H18N2O2. The van der Waals surface area contributed by atoms with E-state index in [1.54, 1.807) is 10.9 Å². The summed E-state index contributed by atoms with van der Waals surface area (Å²) in [5, 5.41) is 4.06. The summed E-state index contributed by atoms with van der Waals surface area (Å²) in [6.45, 7) is 2.18. The van der Waals surface area contributed by atoms with Gasteiger partial charge in [-0.05, 0) is 38.2 Å². The van der Waals surface area contributed by atoms with Crippen molar-refractivity contribution in [3.8, 4) is 0 Å². The van der Waals surface area contributed by atoms with Crippen LogP contribution in [0.5, 0.6) is 0 Å². The minimum absolute atomic E-state index is 0.137. The van der Waals surface area contributed by atoms with Crippen LogP contribution in [0, 0.1) is 6.92 Å². The number of rotatable bonds is 3. The topological polar surface area (TPSA) is 44.1 Å². The molecule has 0 radical (unpaired) electrons. The second-order valence-corrected chi connectivity index (χ2v) is 4.47. The Balaban J connectivity index is 1.79. The normalized spacial score (nSPS) is 17.3. The maximum absolute atomic E-state index is 11.6. The van der Waals surface area contributed by atoms with E-state index in [4.69, 9.17) is 4.74 Å². The summed E-state index contributed by atoms with van der Waals surface area (Å²) >= 11 is 0.